The smallest absolute Gasteiger partial charge is 0.341 e. The molecule has 3 aromatic rings. The maximum Gasteiger partial charge on any atom is 0.341 e. The molecular formula is C19H18N2O2. The van der Waals surface area contributed by atoms with E-state index in [0.29, 0.717) is 17.8 Å². The zero-order valence-corrected chi connectivity index (χ0v) is 13.2. The van der Waals surface area contributed by atoms with E-state index in [1.165, 1.54) is 7.11 Å². The van der Waals surface area contributed by atoms with Gasteiger partial charge in [-0.05, 0) is 18.6 Å². The zero-order chi connectivity index (χ0) is 16.2. The number of fused-ring (bicyclic) bond motifs is 1. The van der Waals surface area contributed by atoms with Crippen LogP contribution >= 0.6 is 0 Å². The van der Waals surface area contributed by atoms with Crippen LogP contribution in [0.1, 0.15) is 21.6 Å². The second-order valence-electron chi connectivity index (χ2n) is 5.30. The van der Waals surface area contributed by atoms with E-state index in [9.17, 15) is 4.79 Å². The summed E-state index contributed by atoms with van der Waals surface area (Å²) in [6.45, 7) is 2.45. The third-order valence-electron chi connectivity index (χ3n) is 3.77. The van der Waals surface area contributed by atoms with Crippen LogP contribution in [-0.4, -0.2) is 18.1 Å². The van der Waals surface area contributed by atoms with Gasteiger partial charge in [-0.25, -0.2) is 4.79 Å². The van der Waals surface area contributed by atoms with Crippen molar-refractivity contribution in [2.24, 2.45) is 0 Å². The van der Waals surface area contributed by atoms with Crippen molar-refractivity contribution in [3.8, 4) is 0 Å². The number of hydrogen-bond donors (Lipinski definition) is 1. The quantitative estimate of drug-likeness (QED) is 0.742. The summed E-state index contributed by atoms with van der Waals surface area (Å²) in [7, 11) is 1.39. The van der Waals surface area contributed by atoms with Crippen LogP contribution in [0.5, 0.6) is 0 Å². The highest BCUT2D eigenvalue weighted by Gasteiger charge is 2.19. The molecule has 0 aliphatic rings. The SMILES string of the molecule is COC(=O)c1c(C)nc2ccccc2c1NCc1ccccc1. The second-order valence-corrected chi connectivity index (χ2v) is 5.30. The molecule has 0 fully saturated rings. The van der Waals surface area contributed by atoms with E-state index in [0.717, 1.165) is 22.2 Å². The van der Waals surface area contributed by atoms with Crippen LogP contribution in [-0.2, 0) is 11.3 Å². The van der Waals surface area contributed by atoms with Crippen LogP contribution in [0.15, 0.2) is 54.6 Å². The van der Waals surface area contributed by atoms with Crippen molar-refractivity contribution in [1.82, 2.24) is 4.98 Å². The third-order valence-corrected chi connectivity index (χ3v) is 3.77. The van der Waals surface area contributed by atoms with Crippen molar-refractivity contribution >= 4 is 22.6 Å². The van der Waals surface area contributed by atoms with Crippen LogP contribution in [0.3, 0.4) is 0 Å². The summed E-state index contributed by atoms with van der Waals surface area (Å²) in [6.07, 6.45) is 0. The fraction of sp³-hybridized carbons (Fsp3) is 0.158. The fourth-order valence-electron chi connectivity index (χ4n) is 2.66. The molecule has 23 heavy (non-hydrogen) atoms. The average molecular weight is 306 g/mol. The molecule has 1 N–H and O–H groups in total. The highest BCUT2D eigenvalue weighted by Crippen LogP contribution is 2.29. The van der Waals surface area contributed by atoms with Gasteiger partial charge in [-0.1, -0.05) is 48.5 Å². The Morgan fingerprint density at radius 2 is 1.78 bits per heavy atom. The van der Waals surface area contributed by atoms with Crippen molar-refractivity contribution in [3.05, 3.63) is 71.4 Å². The lowest BCUT2D eigenvalue weighted by Gasteiger charge is -2.15. The lowest BCUT2D eigenvalue weighted by molar-refractivity contribution is 0.0600. The summed E-state index contributed by atoms with van der Waals surface area (Å²) in [5.41, 5.74) is 3.91. The molecule has 1 heterocycles. The standard InChI is InChI=1S/C19H18N2O2/c1-13-17(19(22)23-2)18(15-10-6-7-11-16(15)21-13)20-12-14-8-4-3-5-9-14/h3-11H,12H2,1-2H3,(H,20,21). The first-order valence-electron chi connectivity index (χ1n) is 7.46. The number of carbonyl (C=O) groups excluding carboxylic acids is 1. The number of nitrogens with zero attached hydrogens (tertiary/aromatic N) is 1. The van der Waals surface area contributed by atoms with Crippen molar-refractivity contribution in [2.75, 3.05) is 12.4 Å². The number of rotatable bonds is 4. The number of anilines is 1. The zero-order valence-electron chi connectivity index (χ0n) is 13.2. The Balaban J connectivity index is 2.09. The second kappa shape index (κ2) is 6.48. The maximum absolute atomic E-state index is 12.2. The normalized spacial score (nSPS) is 10.5. The summed E-state index contributed by atoms with van der Waals surface area (Å²) in [6, 6.07) is 17.8. The minimum atomic E-state index is -0.378. The van der Waals surface area contributed by atoms with E-state index in [-0.39, 0.29) is 5.97 Å². The van der Waals surface area contributed by atoms with Crippen LogP contribution in [0.25, 0.3) is 10.9 Å². The van der Waals surface area contributed by atoms with Gasteiger partial charge in [0.25, 0.3) is 0 Å². The molecule has 0 radical (unpaired) electrons. The number of aromatic nitrogens is 1. The Labute approximate surface area is 135 Å². The molecule has 0 aliphatic carbocycles. The van der Waals surface area contributed by atoms with Gasteiger partial charge in [-0.2, -0.15) is 0 Å². The monoisotopic (exact) mass is 306 g/mol. The van der Waals surface area contributed by atoms with Crippen molar-refractivity contribution < 1.29 is 9.53 Å². The Morgan fingerprint density at radius 3 is 2.52 bits per heavy atom. The largest absolute Gasteiger partial charge is 0.465 e. The first kappa shape index (κ1) is 15.0. The number of hydrogen-bond acceptors (Lipinski definition) is 4. The van der Waals surface area contributed by atoms with Crippen LogP contribution in [0, 0.1) is 6.92 Å². The Bertz CT molecular complexity index is 845. The van der Waals surface area contributed by atoms with Crippen molar-refractivity contribution in [3.63, 3.8) is 0 Å². The summed E-state index contributed by atoms with van der Waals surface area (Å²) in [4.78, 5) is 16.7. The van der Waals surface area contributed by atoms with E-state index in [1.807, 2.05) is 61.5 Å². The molecule has 0 amide bonds. The minimum absolute atomic E-state index is 0.378. The first-order chi connectivity index (χ1) is 11.2. The van der Waals surface area contributed by atoms with Crippen molar-refractivity contribution in [1.29, 1.82) is 0 Å². The van der Waals surface area contributed by atoms with Gasteiger partial charge in [0.2, 0.25) is 0 Å². The molecule has 1 aromatic heterocycles. The van der Waals surface area contributed by atoms with Gasteiger partial charge in [0.15, 0.2) is 0 Å². The lowest BCUT2D eigenvalue weighted by atomic mass is 10.1. The van der Waals surface area contributed by atoms with Gasteiger partial charge in [-0.3, -0.25) is 4.98 Å². The molecule has 4 heteroatoms. The summed E-state index contributed by atoms with van der Waals surface area (Å²) >= 11 is 0. The molecule has 116 valence electrons. The Hall–Kier alpha value is -2.88. The molecule has 0 bridgehead atoms. The highest BCUT2D eigenvalue weighted by atomic mass is 16.5. The van der Waals surface area contributed by atoms with Crippen molar-refractivity contribution in [2.45, 2.75) is 13.5 Å². The van der Waals surface area contributed by atoms with E-state index >= 15 is 0 Å². The molecule has 0 spiro atoms. The molecule has 0 atom stereocenters. The predicted molar refractivity (Wildman–Crippen MR) is 91.6 cm³/mol. The van der Waals surface area contributed by atoms with E-state index in [1.54, 1.807) is 0 Å². The number of ether oxygens (including phenoxy) is 1. The highest BCUT2D eigenvalue weighted by molar-refractivity contribution is 6.06. The van der Waals surface area contributed by atoms with E-state index < -0.39 is 0 Å². The predicted octanol–water partition coefficient (Wildman–Crippen LogP) is 3.94. The minimum Gasteiger partial charge on any atom is -0.465 e. The molecule has 0 aliphatic heterocycles. The van der Waals surface area contributed by atoms with Crippen LogP contribution in [0.4, 0.5) is 5.69 Å². The van der Waals surface area contributed by atoms with Gasteiger partial charge >= 0.3 is 5.97 Å². The van der Waals surface area contributed by atoms with Gasteiger partial charge in [0, 0.05) is 11.9 Å². The number of carbonyl (C=O) groups is 1. The number of benzene rings is 2. The number of pyridine rings is 1. The number of aryl methyl sites for hydroxylation is 1. The number of esters is 1. The molecule has 0 saturated heterocycles. The first-order valence-corrected chi connectivity index (χ1v) is 7.46. The topological polar surface area (TPSA) is 51.2 Å². The maximum atomic E-state index is 12.2. The summed E-state index contributed by atoms with van der Waals surface area (Å²) in [5.74, 6) is -0.378. The fourth-order valence-corrected chi connectivity index (χ4v) is 2.66. The van der Waals surface area contributed by atoms with Crippen LogP contribution in [0.2, 0.25) is 0 Å². The van der Waals surface area contributed by atoms with Gasteiger partial charge in [0.1, 0.15) is 5.56 Å². The molecular weight excluding hydrogens is 288 g/mol. The molecule has 2 aromatic carbocycles. The van der Waals surface area contributed by atoms with Gasteiger partial charge in [0.05, 0.1) is 24.0 Å². The molecule has 4 nitrogen and oxygen atoms in total. The summed E-state index contributed by atoms with van der Waals surface area (Å²) in [5, 5.41) is 4.30. The third kappa shape index (κ3) is 3.01. The molecule has 0 saturated carbocycles. The van der Waals surface area contributed by atoms with Gasteiger partial charge in [-0.15, -0.1) is 0 Å². The number of methoxy groups -OCH3 is 1. The molecule has 3 rings (SSSR count). The number of para-hydroxylation sites is 1. The van der Waals surface area contributed by atoms with Crippen LogP contribution < -0.4 is 5.32 Å². The van der Waals surface area contributed by atoms with Gasteiger partial charge < -0.3 is 10.1 Å². The number of nitrogens with one attached hydrogen (secondary N) is 1. The Morgan fingerprint density at radius 1 is 1.09 bits per heavy atom. The average Bonchev–Trinajstić information content (AvgIpc) is 2.59. The Kier molecular flexibility index (Phi) is 4.24. The van der Waals surface area contributed by atoms with E-state index in [4.69, 9.17) is 4.74 Å². The molecule has 0 unspecified atom stereocenters. The summed E-state index contributed by atoms with van der Waals surface area (Å²) < 4.78 is 4.94. The van der Waals surface area contributed by atoms with E-state index in [2.05, 4.69) is 10.3 Å². The lowest BCUT2D eigenvalue weighted by Crippen LogP contribution is -2.12.